The van der Waals surface area contributed by atoms with Crippen LogP contribution in [0.3, 0.4) is 0 Å². The third-order valence-corrected chi connectivity index (χ3v) is 5.13. The lowest BCUT2D eigenvalue weighted by Gasteiger charge is -2.27. The van der Waals surface area contributed by atoms with Crippen LogP contribution in [0.15, 0.2) is 0 Å². The first kappa shape index (κ1) is 12.6. The molecule has 0 atom stereocenters. The largest absolute Gasteiger partial charge is 0.330 e. The van der Waals surface area contributed by atoms with Gasteiger partial charge in [0.15, 0.2) is 9.84 Å². The maximum absolute atomic E-state index is 11.2. The van der Waals surface area contributed by atoms with Gasteiger partial charge in [0.1, 0.15) is 0 Å². The average molecular weight is 257 g/mol. The Balaban J connectivity index is 2.20. The fourth-order valence-corrected chi connectivity index (χ4v) is 3.73. The molecule has 96 valence electrons. The molecule has 1 aromatic heterocycles. The molecule has 1 fully saturated rings. The Morgan fingerprint density at radius 3 is 2.59 bits per heavy atom. The Hall–Kier alpha value is -0.880. The van der Waals surface area contributed by atoms with Crippen molar-refractivity contribution in [1.29, 1.82) is 0 Å². The molecule has 5 nitrogen and oxygen atoms in total. The molecule has 0 aromatic carbocycles. The van der Waals surface area contributed by atoms with E-state index in [0.717, 1.165) is 24.2 Å². The second-order valence-electron chi connectivity index (χ2n) is 4.72. The summed E-state index contributed by atoms with van der Waals surface area (Å²) < 4.78 is 24.3. The third-order valence-electron chi connectivity index (χ3n) is 3.34. The smallest absolute Gasteiger partial charge is 0.154 e. The van der Waals surface area contributed by atoms with Crippen LogP contribution >= 0.6 is 0 Å². The summed E-state index contributed by atoms with van der Waals surface area (Å²) in [6, 6.07) is 0.0327. The average Bonchev–Trinajstić information content (AvgIpc) is 2.48. The summed E-state index contributed by atoms with van der Waals surface area (Å²) in [6.45, 7) is 4.65. The molecule has 2 heterocycles. The van der Waals surface area contributed by atoms with Crippen LogP contribution in [0.25, 0.3) is 0 Å². The number of aryl methyl sites for hydroxylation is 1. The van der Waals surface area contributed by atoms with Crippen molar-refractivity contribution in [3.8, 4) is 0 Å². The number of sulfone groups is 1. The van der Waals surface area contributed by atoms with Gasteiger partial charge in [0.05, 0.1) is 23.2 Å². The van der Waals surface area contributed by atoms with Crippen molar-refractivity contribution in [3.63, 3.8) is 0 Å². The summed E-state index contributed by atoms with van der Waals surface area (Å²) in [7, 11) is -2.80. The zero-order valence-corrected chi connectivity index (χ0v) is 11.1. The van der Waals surface area contributed by atoms with Gasteiger partial charge in [-0.2, -0.15) is 5.10 Å². The minimum absolute atomic E-state index is 0.0327. The van der Waals surface area contributed by atoms with Gasteiger partial charge >= 0.3 is 0 Å². The van der Waals surface area contributed by atoms with Crippen molar-refractivity contribution in [2.45, 2.75) is 32.7 Å². The molecule has 1 aromatic rings. The van der Waals surface area contributed by atoms with E-state index in [9.17, 15) is 8.42 Å². The maximum Gasteiger partial charge on any atom is 0.154 e. The van der Waals surface area contributed by atoms with Crippen molar-refractivity contribution in [2.24, 2.45) is 5.73 Å². The van der Waals surface area contributed by atoms with Crippen LogP contribution < -0.4 is 5.73 Å². The molecular formula is C11H19N3O2S. The van der Waals surface area contributed by atoms with E-state index >= 15 is 0 Å². The second kappa shape index (κ2) is 4.42. The maximum atomic E-state index is 11.2. The Bertz CT molecular complexity index is 507. The molecule has 0 amide bonds. The van der Waals surface area contributed by atoms with Crippen LogP contribution in [0.5, 0.6) is 0 Å². The normalized spacial score (nSPS) is 19.2. The van der Waals surface area contributed by atoms with Gasteiger partial charge in [0, 0.05) is 5.69 Å². The Morgan fingerprint density at radius 1 is 1.41 bits per heavy atom. The Labute approximate surface area is 102 Å². The third kappa shape index (κ3) is 2.37. The van der Waals surface area contributed by atoms with Gasteiger partial charge in [-0.3, -0.25) is 4.68 Å². The highest BCUT2D eigenvalue weighted by Gasteiger charge is 2.36. The van der Waals surface area contributed by atoms with Gasteiger partial charge in [-0.25, -0.2) is 8.42 Å². The van der Waals surface area contributed by atoms with E-state index in [2.05, 4.69) is 5.10 Å². The van der Waals surface area contributed by atoms with E-state index in [1.807, 2.05) is 18.5 Å². The molecule has 0 spiro atoms. The van der Waals surface area contributed by atoms with E-state index in [1.165, 1.54) is 5.56 Å². The van der Waals surface area contributed by atoms with Crippen LogP contribution in [0.2, 0.25) is 0 Å². The molecule has 0 aliphatic carbocycles. The molecule has 17 heavy (non-hydrogen) atoms. The SMILES string of the molecule is Cc1nn(C2CS(=O)(=O)C2)c(C)c1CCCN. The zero-order chi connectivity index (χ0) is 12.6. The van der Waals surface area contributed by atoms with Crippen molar-refractivity contribution in [3.05, 3.63) is 17.0 Å². The Morgan fingerprint density at radius 2 is 2.06 bits per heavy atom. The number of nitrogens with two attached hydrogens (primary N) is 1. The first-order valence-corrected chi connectivity index (χ1v) is 7.72. The van der Waals surface area contributed by atoms with E-state index in [0.29, 0.717) is 6.54 Å². The first-order chi connectivity index (χ1) is 7.94. The van der Waals surface area contributed by atoms with E-state index < -0.39 is 9.84 Å². The Kier molecular flexibility index (Phi) is 3.27. The number of rotatable bonds is 4. The molecule has 0 bridgehead atoms. The summed E-state index contributed by atoms with van der Waals surface area (Å²) in [6.07, 6.45) is 1.87. The summed E-state index contributed by atoms with van der Waals surface area (Å²) >= 11 is 0. The molecule has 1 aliphatic rings. The minimum atomic E-state index is -2.80. The van der Waals surface area contributed by atoms with Crippen LogP contribution in [0, 0.1) is 13.8 Å². The second-order valence-corrected chi connectivity index (χ2v) is 6.87. The molecular weight excluding hydrogens is 238 g/mol. The topological polar surface area (TPSA) is 78.0 Å². The summed E-state index contributed by atoms with van der Waals surface area (Å²) in [4.78, 5) is 0. The van der Waals surface area contributed by atoms with E-state index in [1.54, 1.807) is 0 Å². The van der Waals surface area contributed by atoms with Gasteiger partial charge in [0.2, 0.25) is 0 Å². The number of aromatic nitrogens is 2. The van der Waals surface area contributed by atoms with Crippen LogP contribution in [-0.2, 0) is 16.3 Å². The number of hydrogen-bond acceptors (Lipinski definition) is 4. The van der Waals surface area contributed by atoms with Crippen molar-refractivity contribution >= 4 is 9.84 Å². The van der Waals surface area contributed by atoms with Crippen LogP contribution in [-0.4, -0.2) is 36.2 Å². The molecule has 0 saturated carbocycles. The number of nitrogens with zero attached hydrogens (tertiary/aromatic N) is 2. The quantitative estimate of drug-likeness (QED) is 0.845. The van der Waals surface area contributed by atoms with Gasteiger partial charge < -0.3 is 5.73 Å². The summed E-state index contributed by atoms with van der Waals surface area (Å²) in [5, 5.41) is 4.46. The van der Waals surface area contributed by atoms with Crippen molar-refractivity contribution in [2.75, 3.05) is 18.1 Å². The van der Waals surface area contributed by atoms with Crippen LogP contribution in [0.4, 0.5) is 0 Å². The lowest BCUT2D eigenvalue weighted by atomic mass is 10.1. The highest BCUT2D eigenvalue weighted by atomic mass is 32.2. The van der Waals surface area contributed by atoms with Crippen LogP contribution in [0.1, 0.15) is 29.4 Å². The van der Waals surface area contributed by atoms with Crippen molar-refractivity contribution < 1.29 is 8.42 Å². The van der Waals surface area contributed by atoms with Crippen molar-refractivity contribution in [1.82, 2.24) is 9.78 Å². The molecule has 0 unspecified atom stereocenters. The lowest BCUT2D eigenvalue weighted by Crippen LogP contribution is -2.39. The summed E-state index contributed by atoms with van der Waals surface area (Å²) in [5.41, 5.74) is 8.83. The fourth-order valence-electron chi connectivity index (χ4n) is 2.37. The molecule has 6 heteroatoms. The number of hydrogen-bond donors (Lipinski definition) is 1. The predicted octanol–water partition coefficient (Wildman–Crippen LogP) is 0.361. The molecule has 1 saturated heterocycles. The molecule has 2 rings (SSSR count). The zero-order valence-electron chi connectivity index (χ0n) is 10.3. The highest BCUT2D eigenvalue weighted by molar-refractivity contribution is 7.92. The minimum Gasteiger partial charge on any atom is -0.330 e. The van der Waals surface area contributed by atoms with E-state index in [-0.39, 0.29) is 17.5 Å². The highest BCUT2D eigenvalue weighted by Crippen LogP contribution is 2.27. The molecule has 0 radical (unpaired) electrons. The standard InChI is InChI=1S/C11H19N3O2S/c1-8-11(4-3-5-12)9(2)14(13-8)10-6-17(15,16)7-10/h10H,3-7,12H2,1-2H3. The lowest BCUT2D eigenvalue weighted by molar-refractivity contribution is 0.463. The van der Waals surface area contributed by atoms with Gasteiger partial charge in [-0.05, 0) is 38.8 Å². The fraction of sp³-hybridized carbons (Fsp3) is 0.727. The van der Waals surface area contributed by atoms with Gasteiger partial charge in [-0.15, -0.1) is 0 Å². The van der Waals surface area contributed by atoms with E-state index in [4.69, 9.17) is 5.73 Å². The molecule has 1 aliphatic heterocycles. The van der Waals surface area contributed by atoms with Gasteiger partial charge in [-0.1, -0.05) is 0 Å². The monoisotopic (exact) mass is 257 g/mol. The molecule has 2 N–H and O–H groups in total. The predicted molar refractivity (Wildman–Crippen MR) is 66.8 cm³/mol. The van der Waals surface area contributed by atoms with Gasteiger partial charge in [0.25, 0.3) is 0 Å². The summed E-state index contributed by atoms with van der Waals surface area (Å²) in [5.74, 6) is 0.455. The first-order valence-electron chi connectivity index (χ1n) is 5.89.